The minimum atomic E-state index is -0.298. The molecule has 7 heteroatoms. The molecular formula is C18H26ClN3O3. The summed E-state index contributed by atoms with van der Waals surface area (Å²) in [7, 11) is 0. The average molecular weight is 368 g/mol. The summed E-state index contributed by atoms with van der Waals surface area (Å²) in [6.07, 6.45) is 1.42. The molecular weight excluding hydrogens is 342 g/mol. The van der Waals surface area contributed by atoms with E-state index < -0.39 is 0 Å². The molecule has 3 rings (SSSR count). The maximum absolute atomic E-state index is 12.5. The molecule has 2 aliphatic heterocycles. The van der Waals surface area contributed by atoms with Gasteiger partial charge in [0.1, 0.15) is 18.5 Å². The lowest BCUT2D eigenvalue weighted by Crippen LogP contribution is -2.52. The Morgan fingerprint density at radius 3 is 2.56 bits per heavy atom. The topological polar surface area (TPSA) is 68.0 Å². The van der Waals surface area contributed by atoms with Crippen molar-refractivity contribution in [2.24, 2.45) is 5.73 Å². The first-order valence-corrected chi connectivity index (χ1v) is 9.28. The van der Waals surface area contributed by atoms with E-state index in [-0.39, 0.29) is 18.1 Å². The van der Waals surface area contributed by atoms with Crippen molar-refractivity contribution in [1.82, 2.24) is 9.80 Å². The van der Waals surface area contributed by atoms with Crippen molar-refractivity contribution >= 4 is 17.5 Å². The van der Waals surface area contributed by atoms with E-state index in [0.29, 0.717) is 18.2 Å². The Morgan fingerprint density at radius 2 is 1.92 bits per heavy atom. The highest BCUT2D eigenvalue weighted by Crippen LogP contribution is 2.21. The van der Waals surface area contributed by atoms with Gasteiger partial charge in [0.25, 0.3) is 5.91 Å². The lowest BCUT2D eigenvalue weighted by Gasteiger charge is -2.35. The summed E-state index contributed by atoms with van der Waals surface area (Å²) in [6, 6.07) is 7.38. The molecule has 0 aliphatic carbocycles. The highest BCUT2D eigenvalue weighted by atomic mass is 35.5. The predicted octanol–water partition coefficient (Wildman–Crippen LogP) is 1.37. The molecule has 0 aromatic heterocycles. The van der Waals surface area contributed by atoms with Crippen molar-refractivity contribution < 1.29 is 14.3 Å². The van der Waals surface area contributed by atoms with Crippen LogP contribution in [0.25, 0.3) is 0 Å². The first-order valence-electron chi connectivity index (χ1n) is 8.91. The van der Waals surface area contributed by atoms with Crippen LogP contribution in [0, 0.1) is 0 Å². The summed E-state index contributed by atoms with van der Waals surface area (Å²) < 4.78 is 11.4. The molecule has 1 amide bonds. The van der Waals surface area contributed by atoms with Gasteiger partial charge in [-0.05, 0) is 37.1 Å². The fraction of sp³-hybridized carbons (Fsp3) is 0.611. The number of nitrogens with zero attached hydrogens (tertiary/aromatic N) is 2. The number of carbonyl (C=O) groups excluding carboxylic acids is 1. The number of hydrogen-bond donors (Lipinski definition) is 1. The number of piperazine rings is 1. The lowest BCUT2D eigenvalue weighted by atomic mass is 10.1. The summed E-state index contributed by atoms with van der Waals surface area (Å²) in [5.41, 5.74) is 5.61. The SMILES string of the molecule is NC[C@H]1CC[C@@H](C(=O)N2CCN(CCOc3ccc(Cl)cc3)CC2)O1. The molecule has 6 nitrogen and oxygen atoms in total. The van der Waals surface area contributed by atoms with Crippen molar-refractivity contribution in [1.29, 1.82) is 0 Å². The van der Waals surface area contributed by atoms with Gasteiger partial charge in [-0.25, -0.2) is 0 Å². The third-order valence-corrected chi connectivity index (χ3v) is 5.07. The van der Waals surface area contributed by atoms with Crippen LogP contribution in [-0.4, -0.2) is 73.8 Å². The van der Waals surface area contributed by atoms with Crippen molar-refractivity contribution in [2.45, 2.75) is 25.0 Å². The zero-order valence-corrected chi connectivity index (χ0v) is 15.2. The molecule has 2 N–H and O–H groups in total. The molecule has 2 atom stereocenters. The van der Waals surface area contributed by atoms with E-state index in [0.717, 1.165) is 51.3 Å². The van der Waals surface area contributed by atoms with Crippen molar-refractivity contribution in [3.8, 4) is 5.75 Å². The number of hydrogen-bond acceptors (Lipinski definition) is 5. The highest BCUT2D eigenvalue weighted by Gasteiger charge is 2.33. The summed E-state index contributed by atoms with van der Waals surface area (Å²) >= 11 is 5.86. The number of amides is 1. The molecule has 2 heterocycles. The predicted molar refractivity (Wildman–Crippen MR) is 96.9 cm³/mol. The Labute approximate surface area is 153 Å². The van der Waals surface area contributed by atoms with Gasteiger partial charge in [-0.15, -0.1) is 0 Å². The number of halogens is 1. The highest BCUT2D eigenvalue weighted by molar-refractivity contribution is 6.30. The van der Waals surface area contributed by atoms with Crippen LogP contribution in [0.4, 0.5) is 0 Å². The van der Waals surface area contributed by atoms with Crippen LogP contribution in [0.15, 0.2) is 24.3 Å². The van der Waals surface area contributed by atoms with Gasteiger partial charge in [-0.2, -0.15) is 0 Å². The number of nitrogens with two attached hydrogens (primary N) is 1. The fourth-order valence-electron chi connectivity index (χ4n) is 3.28. The number of benzene rings is 1. The molecule has 0 unspecified atom stereocenters. The maximum Gasteiger partial charge on any atom is 0.251 e. The minimum absolute atomic E-state index is 0.0419. The third kappa shape index (κ3) is 5.07. The first-order chi connectivity index (χ1) is 12.2. The van der Waals surface area contributed by atoms with E-state index in [9.17, 15) is 4.79 Å². The van der Waals surface area contributed by atoms with E-state index >= 15 is 0 Å². The Hall–Kier alpha value is -1.34. The third-order valence-electron chi connectivity index (χ3n) is 4.82. The van der Waals surface area contributed by atoms with Crippen LogP contribution in [0.5, 0.6) is 5.75 Å². The molecule has 0 bridgehead atoms. The van der Waals surface area contributed by atoms with Gasteiger partial charge in [0.15, 0.2) is 0 Å². The maximum atomic E-state index is 12.5. The molecule has 0 spiro atoms. The second-order valence-corrected chi connectivity index (χ2v) is 6.97. The second-order valence-electron chi connectivity index (χ2n) is 6.53. The molecule has 2 fully saturated rings. The van der Waals surface area contributed by atoms with E-state index in [2.05, 4.69) is 4.90 Å². The van der Waals surface area contributed by atoms with Gasteiger partial charge in [0.2, 0.25) is 0 Å². The molecule has 138 valence electrons. The van der Waals surface area contributed by atoms with Gasteiger partial charge in [0, 0.05) is 44.3 Å². The summed E-state index contributed by atoms with van der Waals surface area (Å²) in [4.78, 5) is 16.7. The Morgan fingerprint density at radius 1 is 1.20 bits per heavy atom. The van der Waals surface area contributed by atoms with Crippen LogP contribution in [0.2, 0.25) is 5.02 Å². The Bertz CT molecular complexity index is 561. The molecule has 25 heavy (non-hydrogen) atoms. The van der Waals surface area contributed by atoms with Gasteiger partial charge >= 0.3 is 0 Å². The lowest BCUT2D eigenvalue weighted by molar-refractivity contribution is -0.144. The van der Waals surface area contributed by atoms with Crippen LogP contribution in [-0.2, 0) is 9.53 Å². The van der Waals surface area contributed by atoms with Gasteiger partial charge in [-0.3, -0.25) is 9.69 Å². The molecule has 0 radical (unpaired) electrons. The summed E-state index contributed by atoms with van der Waals surface area (Å²) in [5, 5.41) is 0.706. The van der Waals surface area contributed by atoms with Gasteiger partial charge in [0.05, 0.1) is 6.10 Å². The van der Waals surface area contributed by atoms with Crippen molar-refractivity contribution in [3.05, 3.63) is 29.3 Å². The molecule has 1 aromatic carbocycles. The average Bonchev–Trinajstić information content (AvgIpc) is 3.13. The van der Waals surface area contributed by atoms with E-state index in [1.807, 2.05) is 29.2 Å². The smallest absolute Gasteiger partial charge is 0.251 e. The van der Waals surface area contributed by atoms with E-state index in [1.165, 1.54) is 0 Å². The zero-order valence-electron chi connectivity index (χ0n) is 14.4. The largest absolute Gasteiger partial charge is 0.492 e. The second kappa shape index (κ2) is 8.85. The van der Waals surface area contributed by atoms with Crippen LogP contribution in [0.3, 0.4) is 0 Å². The number of carbonyl (C=O) groups is 1. The monoisotopic (exact) mass is 367 g/mol. The number of rotatable bonds is 6. The quantitative estimate of drug-likeness (QED) is 0.822. The Balaban J connectivity index is 1.35. The molecule has 0 saturated carbocycles. The molecule has 2 saturated heterocycles. The molecule has 2 aliphatic rings. The minimum Gasteiger partial charge on any atom is -0.492 e. The van der Waals surface area contributed by atoms with E-state index in [1.54, 1.807) is 0 Å². The molecule has 1 aromatic rings. The number of ether oxygens (including phenoxy) is 2. The fourth-order valence-corrected chi connectivity index (χ4v) is 3.41. The Kier molecular flexibility index (Phi) is 6.53. The van der Waals surface area contributed by atoms with Crippen LogP contribution < -0.4 is 10.5 Å². The standard InChI is InChI=1S/C18H26ClN3O3/c19-14-1-3-15(4-2-14)24-12-11-21-7-9-22(10-8-21)18(23)17-6-5-16(13-20)25-17/h1-4,16-17H,5-13,20H2/t16-,17+/m1/s1. The summed E-state index contributed by atoms with van der Waals surface area (Å²) in [6.45, 7) is 5.18. The zero-order chi connectivity index (χ0) is 17.6. The summed E-state index contributed by atoms with van der Waals surface area (Å²) in [5.74, 6) is 0.944. The van der Waals surface area contributed by atoms with E-state index in [4.69, 9.17) is 26.8 Å². The van der Waals surface area contributed by atoms with Crippen molar-refractivity contribution in [2.75, 3.05) is 45.9 Å². The van der Waals surface area contributed by atoms with Gasteiger partial charge in [-0.1, -0.05) is 11.6 Å². The van der Waals surface area contributed by atoms with Crippen LogP contribution in [0.1, 0.15) is 12.8 Å². The normalized spacial score (nSPS) is 24.5. The van der Waals surface area contributed by atoms with Crippen molar-refractivity contribution in [3.63, 3.8) is 0 Å². The van der Waals surface area contributed by atoms with Gasteiger partial charge < -0.3 is 20.1 Å². The first kappa shape index (κ1) is 18.5. The van der Waals surface area contributed by atoms with Crippen LogP contribution >= 0.6 is 11.6 Å².